The van der Waals surface area contributed by atoms with E-state index in [1.807, 2.05) is 17.2 Å². The van der Waals surface area contributed by atoms with Crippen molar-refractivity contribution in [3.05, 3.63) is 26.6 Å². The standard InChI is InChI=1S/C9H10Br2N2O3S/c1-5-3-8(11)9(4-7(5)10)17(15,16)13-12-6(2)14/h3-4,13H,1-2H3,(H,12,14). The quantitative estimate of drug-likeness (QED) is 0.779. The van der Waals surface area contributed by atoms with E-state index in [0.29, 0.717) is 8.95 Å². The maximum absolute atomic E-state index is 11.8. The summed E-state index contributed by atoms with van der Waals surface area (Å²) in [5, 5.41) is 0. The van der Waals surface area contributed by atoms with Crippen LogP contribution in [0.3, 0.4) is 0 Å². The largest absolute Gasteiger partial charge is 0.278 e. The predicted molar refractivity (Wildman–Crippen MR) is 70.7 cm³/mol. The van der Waals surface area contributed by atoms with Crippen molar-refractivity contribution in [2.75, 3.05) is 0 Å². The molecule has 1 aromatic carbocycles. The topological polar surface area (TPSA) is 75.3 Å². The van der Waals surface area contributed by atoms with Crippen LogP contribution in [-0.2, 0) is 14.8 Å². The fourth-order valence-corrected chi connectivity index (χ4v) is 3.60. The van der Waals surface area contributed by atoms with Gasteiger partial charge in [-0.25, -0.2) is 8.42 Å². The van der Waals surface area contributed by atoms with Crippen LogP contribution >= 0.6 is 31.9 Å². The van der Waals surface area contributed by atoms with Crippen LogP contribution in [0.5, 0.6) is 0 Å². The lowest BCUT2D eigenvalue weighted by atomic mass is 10.2. The zero-order chi connectivity index (χ0) is 13.2. The molecule has 0 saturated carbocycles. The number of hydrogen-bond donors (Lipinski definition) is 2. The predicted octanol–water partition coefficient (Wildman–Crippen LogP) is 1.85. The van der Waals surface area contributed by atoms with Crippen LogP contribution in [0.4, 0.5) is 0 Å². The molecule has 2 N–H and O–H groups in total. The van der Waals surface area contributed by atoms with Gasteiger partial charge in [0.1, 0.15) is 0 Å². The van der Waals surface area contributed by atoms with Crippen LogP contribution in [0, 0.1) is 6.92 Å². The lowest BCUT2D eigenvalue weighted by Gasteiger charge is -2.10. The fraction of sp³-hybridized carbons (Fsp3) is 0.222. The molecule has 8 heteroatoms. The van der Waals surface area contributed by atoms with E-state index in [9.17, 15) is 13.2 Å². The Hall–Kier alpha value is -0.440. The molecule has 0 bridgehead atoms. The Labute approximate surface area is 116 Å². The highest BCUT2D eigenvalue weighted by Gasteiger charge is 2.19. The van der Waals surface area contributed by atoms with Crippen LogP contribution in [0.25, 0.3) is 0 Å². The number of aryl methyl sites for hydroxylation is 1. The smallest absolute Gasteiger partial charge is 0.258 e. The van der Waals surface area contributed by atoms with Gasteiger partial charge in [0.05, 0.1) is 4.90 Å². The van der Waals surface area contributed by atoms with Crippen molar-refractivity contribution in [3.63, 3.8) is 0 Å². The van der Waals surface area contributed by atoms with Gasteiger partial charge in [-0.2, -0.15) is 0 Å². The average molecular weight is 386 g/mol. The number of carbonyl (C=O) groups is 1. The minimum Gasteiger partial charge on any atom is -0.278 e. The molecule has 0 heterocycles. The van der Waals surface area contributed by atoms with E-state index in [1.54, 1.807) is 6.07 Å². The molecule has 0 unspecified atom stereocenters. The van der Waals surface area contributed by atoms with Gasteiger partial charge in [0.15, 0.2) is 0 Å². The Kier molecular flexibility index (Phi) is 4.70. The normalized spacial score (nSPS) is 11.3. The molecule has 0 aliphatic heterocycles. The number of rotatable bonds is 3. The SMILES string of the molecule is CC(=O)NNS(=O)(=O)c1cc(Br)c(C)cc1Br. The molecule has 1 rings (SSSR count). The van der Waals surface area contributed by atoms with Gasteiger partial charge >= 0.3 is 0 Å². The Morgan fingerprint density at radius 3 is 2.35 bits per heavy atom. The summed E-state index contributed by atoms with van der Waals surface area (Å²) in [6.45, 7) is 3.05. The van der Waals surface area contributed by atoms with Crippen LogP contribution in [0.1, 0.15) is 12.5 Å². The molecule has 0 fully saturated rings. The van der Waals surface area contributed by atoms with Gasteiger partial charge in [-0.3, -0.25) is 10.2 Å². The van der Waals surface area contributed by atoms with Gasteiger partial charge in [-0.1, -0.05) is 15.9 Å². The zero-order valence-electron chi connectivity index (χ0n) is 9.04. The third-order valence-electron chi connectivity index (χ3n) is 1.86. The van der Waals surface area contributed by atoms with Crippen LogP contribution in [-0.4, -0.2) is 14.3 Å². The lowest BCUT2D eigenvalue weighted by Crippen LogP contribution is -2.40. The Balaban J connectivity index is 3.15. The highest BCUT2D eigenvalue weighted by Crippen LogP contribution is 2.28. The monoisotopic (exact) mass is 384 g/mol. The fourth-order valence-electron chi connectivity index (χ4n) is 1.03. The number of carbonyl (C=O) groups excluding carboxylic acids is 1. The summed E-state index contributed by atoms with van der Waals surface area (Å²) in [6.07, 6.45) is 0. The van der Waals surface area contributed by atoms with Gasteiger partial charge in [-0.05, 0) is 40.5 Å². The highest BCUT2D eigenvalue weighted by atomic mass is 79.9. The van der Waals surface area contributed by atoms with Gasteiger partial charge < -0.3 is 0 Å². The van der Waals surface area contributed by atoms with E-state index in [0.717, 1.165) is 5.56 Å². The average Bonchev–Trinajstić information content (AvgIpc) is 2.20. The number of sulfonamides is 1. The molecule has 0 atom stereocenters. The van der Waals surface area contributed by atoms with E-state index < -0.39 is 15.9 Å². The molecule has 0 saturated heterocycles. The van der Waals surface area contributed by atoms with Gasteiger partial charge in [-0.15, -0.1) is 4.83 Å². The first-order chi connectivity index (χ1) is 7.74. The van der Waals surface area contributed by atoms with E-state index in [2.05, 4.69) is 31.9 Å². The van der Waals surface area contributed by atoms with Crippen molar-refractivity contribution in [2.24, 2.45) is 0 Å². The number of amides is 1. The van der Waals surface area contributed by atoms with Crippen molar-refractivity contribution >= 4 is 47.8 Å². The Morgan fingerprint density at radius 2 is 1.82 bits per heavy atom. The summed E-state index contributed by atoms with van der Waals surface area (Å²) in [5.41, 5.74) is 2.93. The molecule has 5 nitrogen and oxygen atoms in total. The molecule has 0 radical (unpaired) electrons. The summed E-state index contributed by atoms with van der Waals surface area (Å²) in [4.78, 5) is 12.7. The number of benzene rings is 1. The molecule has 0 aliphatic carbocycles. The molecule has 0 aromatic heterocycles. The van der Waals surface area contributed by atoms with Crippen LogP contribution < -0.4 is 10.3 Å². The number of nitrogens with one attached hydrogen (secondary N) is 2. The number of halogens is 2. The van der Waals surface area contributed by atoms with Gasteiger partial charge in [0.25, 0.3) is 10.0 Å². The third-order valence-corrected chi connectivity index (χ3v) is 4.92. The molecular weight excluding hydrogens is 376 g/mol. The summed E-state index contributed by atoms with van der Waals surface area (Å²) >= 11 is 6.42. The van der Waals surface area contributed by atoms with Crippen molar-refractivity contribution in [1.82, 2.24) is 10.3 Å². The van der Waals surface area contributed by atoms with E-state index >= 15 is 0 Å². The second-order valence-corrected chi connectivity index (χ2v) is 6.68. The molecular formula is C9H10Br2N2O3S. The Morgan fingerprint density at radius 1 is 1.24 bits per heavy atom. The van der Waals surface area contributed by atoms with Crippen molar-refractivity contribution in [3.8, 4) is 0 Å². The molecule has 0 aliphatic rings. The van der Waals surface area contributed by atoms with Crippen LogP contribution in [0.2, 0.25) is 0 Å². The minimum absolute atomic E-state index is 0.0451. The molecule has 17 heavy (non-hydrogen) atoms. The third kappa shape index (κ3) is 3.77. The maximum atomic E-state index is 11.8. The lowest BCUT2D eigenvalue weighted by molar-refractivity contribution is -0.119. The second-order valence-electron chi connectivity index (χ2n) is 3.32. The van der Waals surface area contributed by atoms with E-state index in [-0.39, 0.29) is 4.90 Å². The van der Waals surface area contributed by atoms with E-state index in [1.165, 1.54) is 13.0 Å². The first-order valence-electron chi connectivity index (χ1n) is 4.48. The molecule has 94 valence electrons. The Bertz CT molecular complexity index is 558. The van der Waals surface area contributed by atoms with Crippen molar-refractivity contribution < 1.29 is 13.2 Å². The number of hydrazine groups is 1. The number of hydrogen-bond acceptors (Lipinski definition) is 3. The summed E-state index contributed by atoms with van der Waals surface area (Å²) in [5.74, 6) is -0.490. The summed E-state index contributed by atoms with van der Waals surface area (Å²) in [6, 6.07) is 3.13. The minimum atomic E-state index is -3.78. The first kappa shape index (κ1) is 14.6. The van der Waals surface area contributed by atoms with Gasteiger partial charge in [0.2, 0.25) is 5.91 Å². The first-order valence-corrected chi connectivity index (χ1v) is 7.55. The van der Waals surface area contributed by atoms with Crippen molar-refractivity contribution in [2.45, 2.75) is 18.7 Å². The summed E-state index contributed by atoms with van der Waals surface area (Å²) in [7, 11) is -3.78. The maximum Gasteiger partial charge on any atom is 0.258 e. The molecule has 0 spiro atoms. The van der Waals surface area contributed by atoms with Crippen LogP contribution in [0.15, 0.2) is 26.0 Å². The molecule has 1 amide bonds. The zero-order valence-corrected chi connectivity index (χ0v) is 13.0. The summed E-state index contributed by atoms with van der Waals surface area (Å²) < 4.78 is 24.8. The highest BCUT2D eigenvalue weighted by molar-refractivity contribution is 9.11. The van der Waals surface area contributed by atoms with Crippen molar-refractivity contribution in [1.29, 1.82) is 0 Å². The molecule has 1 aromatic rings. The van der Waals surface area contributed by atoms with Gasteiger partial charge in [0, 0.05) is 15.9 Å². The van der Waals surface area contributed by atoms with E-state index in [4.69, 9.17) is 0 Å². The second kappa shape index (κ2) is 5.47.